The summed E-state index contributed by atoms with van der Waals surface area (Å²) in [6.45, 7) is 5.61. The lowest BCUT2D eigenvalue weighted by atomic mass is 9.75. The summed E-state index contributed by atoms with van der Waals surface area (Å²) < 4.78 is 0. The Morgan fingerprint density at radius 1 is 1.24 bits per heavy atom. The average molecular weight is 296 g/mol. The first-order valence-corrected chi connectivity index (χ1v) is 8.29. The molecule has 2 aliphatic rings. The maximum atomic E-state index is 12.9. The molecule has 2 saturated heterocycles. The Morgan fingerprint density at radius 3 is 2.38 bits per heavy atom. The number of hydrogen-bond donors (Lipinski definition) is 2. The van der Waals surface area contributed by atoms with Crippen LogP contribution < -0.4 is 5.32 Å². The third kappa shape index (κ3) is 3.96. The van der Waals surface area contributed by atoms with Crippen LogP contribution in [0.25, 0.3) is 0 Å². The van der Waals surface area contributed by atoms with Crippen LogP contribution in [0.3, 0.4) is 0 Å². The molecule has 2 fully saturated rings. The van der Waals surface area contributed by atoms with Crippen LogP contribution in [0.2, 0.25) is 0 Å². The number of hydrogen-bond acceptors (Lipinski definition) is 3. The molecular formula is C16H28N2O3. The molecule has 0 aromatic rings. The van der Waals surface area contributed by atoms with E-state index in [1.54, 1.807) is 0 Å². The predicted octanol–water partition coefficient (Wildman–Crippen LogP) is 1.87. The van der Waals surface area contributed by atoms with Crippen LogP contribution in [0.1, 0.15) is 51.9 Å². The van der Waals surface area contributed by atoms with Gasteiger partial charge in [0.15, 0.2) is 0 Å². The fourth-order valence-corrected chi connectivity index (χ4v) is 3.71. The molecule has 2 N–H and O–H groups in total. The lowest BCUT2D eigenvalue weighted by Gasteiger charge is -2.42. The summed E-state index contributed by atoms with van der Waals surface area (Å²) in [5, 5.41) is 12.1. The molecule has 0 aromatic carbocycles. The predicted molar refractivity (Wildman–Crippen MR) is 81.0 cm³/mol. The first kappa shape index (κ1) is 16.3. The van der Waals surface area contributed by atoms with Crippen molar-refractivity contribution in [2.24, 2.45) is 11.3 Å². The molecule has 0 spiro atoms. The van der Waals surface area contributed by atoms with Gasteiger partial charge in [-0.05, 0) is 57.5 Å². The lowest BCUT2D eigenvalue weighted by Crippen LogP contribution is -2.51. The third-order valence-electron chi connectivity index (χ3n) is 5.36. The van der Waals surface area contributed by atoms with Crippen molar-refractivity contribution in [2.75, 3.05) is 26.2 Å². The largest absolute Gasteiger partial charge is 0.481 e. The highest BCUT2D eigenvalue weighted by Gasteiger charge is 2.41. The van der Waals surface area contributed by atoms with E-state index in [4.69, 9.17) is 5.11 Å². The van der Waals surface area contributed by atoms with E-state index in [2.05, 4.69) is 12.2 Å². The monoisotopic (exact) mass is 296 g/mol. The van der Waals surface area contributed by atoms with Crippen molar-refractivity contribution in [3.63, 3.8) is 0 Å². The number of aliphatic carboxylic acids is 1. The van der Waals surface area contributed by atoms with Gasteiger partial charge in [0, 0.05) is 19.5 Å². The van der Waals surface area contributed by atoms with Crippen LogP contribution in [-0.4, -0.2) is 48.1 Å². The lowest BCUT2D eigenvalue weighted by molar-refractivity contribution is -0.146. The van der Waals surface area contributed by atoms with Crippen molar-refractivity contribution in [3.05, 3.63) is 0 Å². The zero-order valence-corrected chi connectivity index (χ0v) is 13.1. The van der Waals surface area contributed by atoms with Gasteiger partial charge in [-0.2, -0.15) is 0 Å². The Labute approximate surface area is 127 Å². The van der Waals surface area contributed by atoms with Gasteiger partial charge in [-0.3, -0.25) is 9.59 Å². The molecule has 0 radical (unpaired) electrons. The summed E-state index contributed by atoms with van der Waals surface area (Å²) >= 11 is 0. The fraction of sp³-hybridized carbons (Fsp3) is 0.875. The molecule has 1 amide bonds. The maximum Gasteiger partial charge on any atom is 0.303 e. The molecule has 21 heavy (non-hydrogen) atoms. The van der Waals surface area contributed by atoms with Crippen molar-refractivity contribution in [1.29, 1.82) is 0 Å². The van der Waals surface area contributed by atoms with Crippen LogP contribution in [0.5, 0.6) is 0 Å². The number of carbonyl (C=O) groups excluding carboxylic acids is 1. The number of piperidine rings is 2. The van der Waals surface area contributed by atoms with Crippen LogP contribution in [0, 0.1) is 11.3 Å². The van der Waals surface area contributed by atoms with Crippen LogP contribution >= 0.6 is 0 Å². The van der Waals surface area contributed by atoms with Crippen molar-refractivity contribution in [3.8, 4) is 0 Å². The first-order chi connectivity index (χ1) is 10.1. The minimum Gasteiger partial charge on any atom is -0.481 e. The summed E-state index contributed by atoms with van der Waals surface area (Å²) in [6.07, 6.45) is 5.73. The van der Waals surface area contributed by atoms with Crippen molar-refractivity contribution >= 4 is 11.9 Å². The van der Waals surface area contributed by atoms with Gasteiger partial charge in [-0.25, -0.2) is 0 Å². The van der Waals surface area contributed by atoms with Gasteiger partial charge in [0.25, 0.3) is 0 Å². The van der Waals surface area contributed by atoms with Gasteiger partial charge in [-0.1, -0.05) is 6.92 Å². The second-order valence-corrected chi connectivity index (χ2v) is 6.55. The summed E-state index contributed by atoms with van der Waals surface area (Å²) in [4.78, 5) is 25.5. The second-order valence-electron chi connectivity index (χ2n) is 6.55. The number of amides is 1. The molecule has 2 heterocycles. The zero-order chi connectivity index (χ0) is 15.3. The SMILES string of the molecule is CCC1(C(=O)N2CCC(CCC(=O)O)CC2)CCNCC1. The van der Waals surface area contributed by atoms with Crippen LogP contribution in [0.15, 0.2) is 0 Å². The van der Waals surface area contributed by atoms with E-state index in [1.807, 2.05) is 4.90 Å². The topological polar surface area (TPSA) is 69.6 Å². The number of carbonyl (C=O) groups is 2. The number of carboxylic acid groups (broad SMARTS) is 1. The Morgan fingerprint density at radius 2 is 1.86 bits per heavy atom. The highest BCUT2D eigenvalue weighted by molar-refractivity contribution is 5.83. The normalized spacial score (nSPS) is 23.0. The van der Waals surface area contributed by atoms with Gasteiger partial charge < -0.3 is 15.3 Å². The molecule has 2 rings (SSSR count). The van der Waals surface area contributed by atoms with Gasteiger partial charge in [0.1, 0.15) is 0 Å². The Kier molecular flexibility index (Phi) is 5.62. The number of rotatable bonds is 5. The molecule has 5 heteroatoms. The molecule has 0 saturated carbocycles. The van der Waals surface area contributed by atoms with Crippen molar-refractivity contribution < 1.29 is 14.7 Å². The van der Waals surface area contributed by atoms with Gasteiger partial charge in [0.05, 0.1) is 5.41 Å². The maximum absolute atomic E-state index is 12.9. The molecular weight excluding hydrogens is 268 g/mol. The minimum absolute atomic E-state index is 0.154. The van der Waals surface area contributed by atoms with E-state index in [9.17, 15) is 9.59 Å². The second kappa shape index (κ2) is 7.25. The molecule has 0 atom stereocenters. The molecule has 5 nitrogen and oxygen atoms in total. The summed E-state index contributed by atoms with van der Waals surface area (Å²) in [5.74, 6) is 0.0899. The smallest absolute Gasteiger partial charge is 0.303 e. The van der Waals surface area contributed by atoms with E-state index in [1.165, 1.54) is 0 Å². The first-order valence-electron chi connectivity index (χ1n) is 8.29. The number of likely N-dealkylation sites (tertiary alicyclic amines) is 1. The molecule has 2 aliphatic heterocycles. The summed E-state index contributed by atoms with van der Waals surface area (Å²) in [6, 6.07) is 0. The van der Waals surface area contributed by atoms with Gasteiger partial charge in [-0.15, -0.1) is 0 Å². The molecule has 0 aliphatic carbocycles. The Hall–Kier alpha value is -1.10. The Balaban J connectivity index is 1.86. The van der Waals surface area contributed by atoms with Crippen LogP contribution in [0.4, 0.5) is 0 Å². The highest BCUT2D eigenvalue weighted by atomic mass is 16.4. The highest BCUT2D eigenvalue weighted by Crippen LogP contribution is 2.36. The number of carboxylic acids is 1. The summed E-state index contributed by atoms with van der Waals surface area (Å²) in [5.41, 5.74) is -0.154. The van der Waals surface area contributed by atoms with Crippen LogP contribution in [-0.2, 0) is 9.59 Å². The van der Waals surface area contributed by atoms with Crippen molar-refractivity contribution in [1.82, 2.24) is 10.2 Å². The van der Waals surface area contributed by atoms with Gasteiger partial charge in [0.2, 0.25) is 5.91 Å². The number of nitrogens with one attached hydrogen (secondary N) is 1. The summed E-state index contributed by atoms with van der Waals surface area (Å²) in [7, 11) is 0. The van der Waals surface area contributed by atoms with Gasteiger partial charge >= 0.3 is 5.97 Å². The van der Waals surface area contributed by atoms with E-state index < -0.39 is 5.97 Å². The average Bonchev–Trinajstić information content (AvgIpc) is 2.53. The quantitative estimate of drug-likeness (QED) is 0.812. The van der Waals surface area contributed by atoms with E-state index in [-0.39, 0.29) is 11.8 Å². The fourth-order valence-electron chi connectivity index (χ4n) is 3.71. The molecule has 0 unspecified atom stereocenters. The van der Waals surface area contributed by atoms with Crippen molar-refractivity contribution in [2.45, 2.75) is 51.9 Å². The van der Waals surface area contributed by atoms with E-state index >= 15 is 0 Å². The van der Waals surface area contributed by atoms with E-state index in [0.717, 1.165) is 64.7 Å². The minimum atomic E-state index is -0.715. The third-order valence-corrected chi connectivity index (χ3v) is 5.36. The number of nitrogens with zero attached hydrogens (tertiary/aromatic N) is 1. The Bertz CT molecular complexity index is 370. The zero-order valence-electron chi connectivity index (χ0n) is 13.1. The molecule has 120 valence electrons. The van der Waals surface area contributed by atoms with E-state index in [0.29, 0.717) is 11.8 Å². The molecule has 0 bridgehead atoms. The molecule has 0 aromatic heterocycles. The standard InChI is InChI=1S/C16H28N2O3/c1-2-16(7-9-17-10-8-16)15(21)18-11-5-13(6-12-18)3-4-14(19)20/h13,17H,2-12H2,1H3,(H,19,20).